The molecule has 0 atom stereocenters. The van der Waals surface area contributed by atoms with E-state index in [-0.39, 0.29) is 19.0 Å². The lowest BCUT2D eigenvalue weighted by Crippen LogP contribution is -2.44. The van der Waals surface area contributed by atoms with Gasteiger partial charge in [-0.15, -0.1) is 0 Å². The van der Waals surface area contributed by atoms with E-state index in [4.69, 9.17) is 0 Å². The van der Waals surface area contributed by atoms with Gasteiger partial charge < -0.3 is 10.2 Å². The first kappa shape index (κ1) is 21.9. The van der Waals surface area contributed by atoms with E-state index in [1.54, 1.807) is 42.9 Å². The normalized spacial score (nSPS) is 10.8. The van der Waals surface area contributed by atoms with Crippen molar-refractivity contribution in [3.63, 3.8) is 0 Å². The molecule has 1 N–H and O–H groups in total. The highest BCUT2D eigenvalue weighted by Crippen LogP contribution is 2.12. The van der Waals surface area contributed by atoms with E-state index in [9.17, 15) is 14.4 Å². The standard InChI is InChI=1S/C24H24N6O3/c1-28(2)19-7-5-17(6-8-19)14-27-21(31)16-29-20-4-3-11-26-22(20)30(24(33)23(29)32)15-18-9-12-25-13-10-18/h3-13H,14-16H2,1-2H3,(H,27,31). The summed E-state index contributed by atoms with van der Waals surface area (Å²) < 4.78 is 2.51. The van der Waals surface area contributed by atoms with Crippen LogP contribution in [-0.2, 0) is 24.4 Å². The maximum Gasteiger partial charge on any atom is 0.318 e. The second kappa shape index (κ2) is 9.47. The minimum absolute atomic E-state index is 0.181. The van der Waals surface area contributed by atoms with Gasteiger partial charge in [0.25, 0.3) is 0 Å². The second-order valence-corrected chi connectivity index (χ2v) is 7.82. The molecule has 0 unspecified atom stereocenters. The summed E-state index contributed by atoms with van der Waals surface area (Å²) in [5.74, 6) is -0.370. The molecule has 1 amide bonds. The number of amides is 1. The third kappa shape index (κ3) is 4.82. The lowest BCUT2D eigenvalue weighted by molar-refractivity contribution is -0.121. The number of nitrogens with zero attached hydrogens (tertiary/aromatic N) is 5. The first-order chi connectivity index (χ1) is 15.9. The maximum atomic E-state index is 12.9. The fourth-order valence-electron chi connectivity index (χ4n) is 3.53. The molecule has 0 aliphatic rings. The summed E-state index contributed by atoms with van der Waals surface area (Å²) in [6.07, 6.45) is 4.79. The van der Waals surface area contributed by atoms with E-state index in [0.29, 0.717) is 17.7 Å². The Hall–Kier alpha value is -4.27. The summed E-state index contributed by atoms with van der Waals surface area (Å²) in [7, 11) is 3.91. The van der Waals surface area contributed by atoms with Crippen LogP contribution in [0.15, 0.2) is 76.7 Å². The smallest absolute Gasteiger partial charge is 0.318 e. The highest BCUT2D eigenvalue weighted by atomic mass is 16.2. The Balaban J connectivity index is 1.58. The quantitative estimate of drug-likeness (QED) is 0.432. The number of carbonyl (C=O) groups is 1. The zero-order valence-corrected chi connectivity index (χ0v) is 18.4. The fraction of sp³-hybridized carbons (Fsp3) is 0.208. The van der Waals surface area contributed by atoms with Crippen molar-refractivity contribution >= 4 is 22.8 Å². The van der Waals surface area contributed by atoms with Crippen LogP contribution in [0.4, 0.5) is 5.69 Å². The summed E-state index contributed by atoms with van der Waals surface area (Å²) >= 11 is 0. The van der Waals surface area contributed by atoms with Gasteiger partial charge in [-0.05, 0) is 47.5 Å². The molecule has 0 aliphatic heterocycles. The third-order valence-electron chi connectivity index (χ3n) is 5.32. The molecule has 1 aromatic carbocycles. The Bertz CT molecular complexity index is 1390. The van der Waals surface area contributed by atoms with Crippen molar-refractivity contribution in [2.75, 3.05) is 19.0 Å². The average Bonchev–Trinajstić information content (AvgIpc) is 2.84. The Morgan fingerprint density at radius 3 is 2.30 bits per heavy atom. The highest BCUT2D eigenvalue weighted by molar-refractivity contribution is 5.78. The van der Waals surface area contributed by atoms with Gasteiger partial charge in [0.05, 0.1) is 12.1 Å². The van der Waals surface area contributed by atoms with Gasteiger partial charge in [-0.25, -0.2) is 4.98 Å². The second-order valence-electron chi connectivity index (χ2n) is 7.82. The highest BCUT2D eigenvalue weighted by Gasteiger charge is 2.16. The molecular weight excluding hydrogens is 420 g/mol. The van der Waals surface area contributed by atoms with Crippen LogP contribution < -0.4 is 21.3 Å². The van der Waals surface area contributed by atoms with Crippen LogP contribution in [0.3, 0.4) is 0 Å². The van der Waals surface area contributed by atoms with Crippen molar-refractivity contribution < 1.29 is 4.79 Å². The number of rotatable bonds is 7. The van der Waals surface area contributed by atoms with Crippen molar-refractivity contribution in [3.05, 3.63) is 99.0 Å². The number of carbonyl (C=O) groups excluding carboxylic acids is 1. The first-order valence-electron chi connectivity index (χ1n) is 10.4. The van der Waals surface area contributed by atoms with Crippen LogP contribution in [0.5, 0.6) is 0 Å². The summed E-state index contributed by atoms with van der Waals surface area (Å²) in [5.41, 5.74) is 2.06. The van der Waals surface area contributed by atoms with Crippen LogP contribution in [0.2, 0.25) is 0 Å². The van der Waals surface area contributed by atoms with Crippen LogP contribution in [0.25, 0.3) is 11.2 Å². The lowest BCUT2D eigenvalue weighted by atomic mass is 10.2. The Morgan fingerprint density at radius 2 is 1.61 bits per heavy atom. The zero-order valence-electron chi connectivity index (χ0n) is 18.4. The fourth-order valence-corrected chi connectivity index (χ4v) is 3.53. The van der Waals surface area contributed by atoms with Gasteiger partial charge in [-0.1, -0.05) is 12.1 Å². The summed E-state index contributed by atoms with van der Waals surface area (Å²) in [4.78, 5) is 48.7. The molecule has 3 aromatic heterocycles. The van der Waals surface area contributed by atoms with Crippen LogP contribution in [-0.4, -0.2) is 39.1 Å². The van der Waals surface area contributed by atoms with E-state index in [2.05, 4.69) is 15.3 Å². The monoisotopic (exact) mass is 444 g/mol. The molecule has 0 saturated heterocycles. The molecule has 0 saturated carbocycles. The molecule has 0 spiro atoms. The van der Waals surface area contributed by atoms with Gasteiger partial charge in [0.15, 0.2) is 5.65 Å². The number of fused-ring (bicyclic) bond motifs is 1. The lowest BCUT2D eigenvalue weighted by Gasteiger charge is -2.15. The molecule has 33 heavy (non-hydrogen) atoms. The van der Waals surface area contributed by atoms with Crippen molar-refractivity contribution in [3.8, 4) is 0 Å². The molecule has 4 aromatic rings. The number of aromatic nitrogens is 4. The number of hydrogen-bond acceptors (Lipinski definition) is 6. The minimum Gasteiger partial charge on any atom is -0.378 e. The van der Waals surface area contributed by atoms with Crippen molar-refractivity contribution in [1.82, 2.24) is 24.4 Å². The Kier molecular flexibility index (Phi) is 6.30. The predicted octanol–water partition coefficient (Wildman–Crippen LogP) is 1.38. The van der Waals surface area contributed by atoms with Crippen LogP contribution in [0.1, 0.15) is 11.1 Å². The van der Waals surface area contributed by atoms with Gasteiger partial charge in [-0.2, -0.15) is 0 Å². The molecule has 0 bridgehead atoms. The topological polar surface area (TPSA) is 102 Å². The molecule has 168 valence electrons. The largest absolute Gasteiger partial charge is 0.378 e. The van der Waals surface area contributed by atoms with Gasteiger partial charge in [-0.3, -0.25) is 28.5 Å². The number of nitrogens with one attached hydrogen (secondary N) is 1. The van der Waals surface area contributed by atoms with Crippen LogP contribution >= 0.6 is 0 Å². The summed E-state index contributed by atoms with van der Waals surface area (Å²) in [6, 6.07) is 14.7. The number of pyridine rings is 2. The molecule has 3 heterocycles. The van der Waals surface area contributed by atoms with E-state index >= 15 is 0 Å². The van der Waals surface area contributed by atoms with Gasteiger partial charge in [0.1, 0.15) is 6.54 Å². The maximum absolute atomic E-state index is 12.9. The molecule has 9 heteroatoms. The molecule has 0 fully saturated rings. The summed E-state index contributed by atoms with van der Waals surface area (Å²) in [5, 5.41) is 2.81. The first-order valence-corrected chi connectivity index (χ1v) is 10.4. The summed E-state index contributed by atoms with van der Waals surface area (Å²) in [6.45, 7) is 0.221. The Labute approximate surface area is 190 Å². The number of anilines is 1. The molecule has 0 aliphatic carbocycles. The van der Waals surface area contributed by atoms with Crippen molar-refractivity contribution in [1.29, 1.82) is 0 Å². The minimum atomic E-state index is -0.768. The van der Waals surface area contributed by atoms with E-state index < -0.39 is 11.1 Å². The number of benzene rings is 1. The third-order valence-corrected chi connectivity index (χ3v) is 5.32. The van der Waals surface area contributed by atoms with Crippen LogP contribution in [0, 0.1) is 0 Å². The van der Waals surface area contributed by atoms with E-state index in [1.807, 2.05) is 43.3 Å². The molecule has 4 rings (SSSR count). The number of hydrogen-bond donors (Lipinski definition) is 1. The van der Waals surface area contributed by atoms with E-state index in [1.165, 1.54) is 9.13 Å². The van der Waals surface area contributed by atoms with Gasteiger partial charge in [0, 0.05) is 44.9 Å². The predicted molar refractivity (Wildman–Crippen MR) is 126 cm³/mol. The SMILES string of the molecule is CN(C)c1ccc(CNC(=O)Cn2c(=O)c(=O)n(Cc3ccncc3)c3ncccc32)cc1. The van der Waals surface area contributed by atoms with Gasteiger partial charge in [0.2, 0.25) is 5.91 Å². The molecular formula is C24H24N6O3. The van der Waals surface area contributed by atoms with E-state index in [0.717, 1.165) is 16.8 Å². The molecule has 9 nitrogen and oxygen atoms in total. The average molecular weight is 444 g/mol. The Morgan fingerprint density at radius 1 is 0.909 bits per heavy atom. The molecule has 0 radical (unpaired) electrons. The van der Waals surface area contributed by atoms with Crippen molar-refractivity contribution in [2.45, 2.75) is 19.6 Å². The van der Waals surface area contributed by atoms with Crippen molar-refractivity contribution in [2.24, 2.45) is 0 Å². The van der Waals surface area contributed by atoms with Gasteiger partial charge >= 0.3 is 11.1 Å². The zero-order chi connectivity index (χ0) is 23.4.